The Morgan fingerprint density at radius 2 is 2.00 bits per heavy atom. The van der Waals surface area contributed by atoms with E-state index >= 15 is 0 Å². The monoisotopic (exact) mass is 268 g/mol. The largest absolute Gasteiger partial charge is 0.308 e. The van der Waals surface area contributed by atoms with Crippen LogP contribution in [0.3, 0.4) is 0 Å². The van der Waals surface area contributed by atoms with Crippen LogP contribution in [0.4, 0.5) is 0 Å². The average Bonchev–Trinajstić information content (AvgIpc) is 2.48. The van der Waals surface area contributed by atoms with Crippen LogP contribution in [0.15, 0.2) is 42.6 Å². The van der Waals surface area contributed by atoms with E-state index in [1.54, 1.807) is 0 Å². The van der Waals surface area contributed by atoms with Gasteiger partial charge in [-0.3, -0.25) is 4.98 Å². The predicted molar refractivity (Wildman–Crippen MR) is 84.9 cm³/mol. The maximum atomic E-state index is 4.52. The fourth-order valence-corrected chi connectivity index (χ4v) is 2.42. The summed E-state index contributed by atoms with van der Waals surface area (Å²) in [6.07, 6.45) is 4.00. The Morgan fingerprint density at radius 1 is 1.15 bits per heavy atom. The fourth-order valence-electron chi connectivity index (χ4n) is 2.42. The second kappa shape index (κ2) is 7.20. The Balaban J connectivity index is 2.21. The highest BCUT2D eigenvalue weighted by molar-refractivity contribution is 5.32. The van der Waals surface area contributed by atoms with Crippen LogP contribution in [0.5, 0.6) is 0 Å². The minimum atomic E-state index is 0.289. The highest BCUT2D eigenvalue weighted by Gasteiger charge is 2.13. The molecular formula is C18H24N2. The number of aromatic nitrogens is 1. The molecule has 2 rings (SSSR count). The molecule has 0 aliphatic heterocycles. The maximum absolute atomic E-state index is 4.52. The lowest BCUT2D eigenvalue weighted by molar-refractivity contribution is 0.517. The zero-order valence-corrected chi connectivity index (χ0v) is 12.7. The van der Waals surface area contributed by atoms with Gasteiger partial charge in [0.1, 0.15) is 0 Å². The molecule has 2 nitrogen and oxygen atoms in total. The SMILES string of the molecule is CCCNC(Cc1cc(C)ccc1C)c1ccccn1. The molecule has 20 heavy (non-hydrogen) atoms. The minimum Gasteiger partial charge on any atom is -0.308 e. The van der Waals surface area contributed by atoms with E-state index in [0.29, 0.717) is 0 Å². The van der Waals surface area contributed by atoms with E-state index in [-0.39, 0.29) is 6.04 Å². The van der Waals surface area contributed by atoms with Crippen molar-refractivity contribution in [1.29, 1.82) is 0 Å². The first-order valence-corrected chi connectivity index (χ1v) is 7.41. The number of hydrogen-bond donors (Lipinski definition) is 1. The van der Waals surface area contributed by atoms with Crippen LogP contribution in [0.1, 0.15) is 41.8 Å². The summed E-state index contributed by atoms with van der Waals surface area (Å²) in [7, 11) is 0. The van der Waals surface area contributed by atoms with Gasteiger partial charge in [-0.2, -0.15) is 0 Å². The molecule has 2 aromatic rings. The van der Waals surface area contributed by atoms with Gasteiger partial charge in [0, 0.05) is 6.20 Å². The molecule has 0 aliphatic carbocycles. The molecule has 2 heteroatoms. The lowest BCUT2D eigenvalue weighted by atomic mass is 9.97. The van der Waals surface area contributed by atoms with Crippen molar-refractivity contribution < 1.29 is 0 Å². The van der Waals surface area contributed by atoms with Gasteiger partial charge in [0.15, 0.2) is 0 Å². The van der Waals surface area contributed by atoms with E-state index in [4.69, 9.17) is 0 Å². The maximum Gasteiger partial charge on any atom is 0.0576 e. The molecule has 1 unspecified atom stereocenters. The molecule has 0 aliphatic rings. The van der Waals surface area contributed by atoms with E-state index in [1.807, 2.05) is 12.3 Å². The van der Waals surface area contributed by atoms with E-state index in [2.05, 4.69) is 61.4 Å². The van der Waals surface area contributed by atoms with Crippen LogP contribution >= 0.6 is 0 Å². The molecule has 106 valence electrons. The molecule has 0 radical (unpaired) electrons. The van der Waals surface area contributed by atoms with E-state index in [9.17, 15) is 0 Å². The predicted octanol–water partition coefficient (Wildman–Crippen LogP) is 3.98. The zero-order chi connectivity index (χ0) is 14.4. The summed E-state index contributed by atoms with van der Waals surface area (Å²) in [4.78, 5) is 4.52. The molecule has 0 amide bonds. The van der Waals surface area contributed by atoms with Gasteiger partial charge >= 0.3 is 0 Å². The van der Waals surface area contributed by atoms with Crippen molar-refractivity contribution in [3.8, 4) is 0 Å². The minimum absolute atomic E-state index is 0.289. The molecular weight excluding hydrogens is 244 g/mol. The summed E-state index contributed by atoms with van der Waals surface area (Å²) in [6.45, 7) is 7.55. The molecule has 1 aromatic heterocycles. The van der Waals surface area contributed by atoms with Crippen molar-refractivity contribution in [2.45, 2.75) is 39.7 Å². The van der Waals surface area contributed by atoms with Gasteiger partial charge in [-0.15, -0.1) is 0 Å². The fraction of sp³-hybridized carbons (Fsp3) is 0.389. The van der Waals surface area contributed by atoms with Crippen molar-refractivity contribution in [3.63, 3.8) is 0 Å². The van der Waals surface area contributed by atoms with Crippen LogP contribution in [-0.4, -0.2) is 11.5 Å². The highest BCUT2D eigenvalue weighted by Crippen LogP contribution is 2.20. The molecule has 0 bridgehead atoms. The van der Waals surface area contributed by atoms with Gasteiger partial charge < -0.3 is 5.32 Å². The molecule has 0 saturated heterocycles. The van der Waals surface area contributed by atoms with Crippen LogP contribution < -0.4 is 5.32 Å². The standard InChI is InChI=1S/C18H24N2/c1-4-10-19-18(17-7-5-6-11-20-17)13-16-12-14(2)8-9-15(16)3/h5-9,11-12,18-19H,4,10,13H2,1-3H3. The quantitative estimate of drug-likeness (QED) is 0.857. The summed E-state index contributed by atoms with van der Waals surface area (Å²) < 4.78 is 0. The highest BCUT2D eigenvalue weighted by atomic mass is 14.9. The van der Waals surface area contributed by atoms with Crippen LogP contribution in [-0.2, 0) is 6.42 Å². The second-order valence-corrected chi connectivity index (χ2v) is 5.40. The second-order valence-electron chi connectivity index (χ2n) is 5.40. The van der Waals surface area contributed by atoms with Crippen molar-refractivity contribution >= 4 is 0 Å². The molecule has 1 aromatic carbocycles. The molecule has 0 fully saturated rings. The Labute approximate surface area is 122 Å². The number of rotatable bonds is 6. The van der Waals surface area contributed by atoms with E-state index in [1.165, 1.54) is 16.7 Å². The molecule has 0 spiro atoms. The van der Waals surface area contributed by atoms with E-state index in [0.717, 1.165) is 25.1 Å². The Morgan fingerprint density at radius 3 is 2.70 bits per heavy atom. The summed E-state index contributed by atoms with van der Waals surface area (Å²) in [5.74, 6) is 0. The third-order valence-corrected chi connectivity index (χ3v) is 3.61. The van der Waals surface area contributed by atoms with Gasteiger partial charge in [0.2, 0.25) is 0 Å². The Kier molecular flexibility index (Phi) is 5.31. The first kappa shape index (κ1) is 14.7. The summed E-state index contributed by atoms with van der Waals surface area (Å²) in [5.41, 5.74) is 5.21. The number of aryl methyl sites for hydroxylation is 2. The smallest absolute Gasteiger partial charge is 0.0576 e. The summed E-state index contributed by atoms with van der Waals surface area (Å²) in [5, 5.41) is 3.62. The zero-order valence-electron chi connectivity index (χ0n) is 12.7. The van der Waals surface area contributed by atoms with E-state index < -0.39 is 0 Å². The normalized spacial score (nSPS) is 12.3. The first-order valence-electron chi connectivity index (χ1n) is 7.41. The van der Waals surface area contributed by atoms with Gasteiger partial charge in [-0.05, 0) is 56.5 Å². The van der Waals surface area contributed by atoms with Gasteiger partial charge in [-0.25, -0.2) is 0 Å². The number of hydrogen-bond acceptors (Lipinski definition) is 2. The number of benzene rings is 1. The van der Waals surface area contributed by atoms with Gasteiger partial charge in [0.25, 0.3) is 0 Å². The van der Waals surface area contributed by atoms with Gasteiger partial charge in [-0.1, -0.05) is 36.8 Å². The third-order valence-electron chi connectivity index (χ3n) is 3.61. The Hall–Kier alpha value is -1.67. The lowest BCUT2D eigenvalue weighted by Gasteiger charge is -2.19. The van der Waals surface area contributed by atoms with Crippen molar-refractivity contribution in [2.24, 2.45) is 0 Å². The molecule has 1 heterocycles. The first-order chi connectivity index (χ1) is 9.70. The van der Waals surface area contributed by atoms with Crippen LogP contribution in [0.2, 0.25) is 0 Å². The Bertz CT molecular complexity index is 534. The average molecular weight is 268 g/mol. The number of pyridine rings is 1. The topological polar surface area (TPSA) is 24.9 Å². The van der Waals surface area contributed by atoms with Crippen LogP contribution in [0.25, 0.3) is 0 Å². The molecule has 0 saturated carbocycles. The lowest BCUT2D eigenvalue weighted by Crippen LogP contribution is -2.25. The summed E-state index contributed by atoms with van der Waals surface area (Å²) >= 11 is 0. The number of nitrogens with one attached hydrogen (secondary N) is 1. The van der Waals surface area contributed by atoms with Crippen molar-refractivity contribution in [3.05, 3.63) is 65.0 Å². The van der Waals surface area contributed by atoms with Crippen LogP contribution in [0, 0.1) is 13.8 Å². The van der Waals surface area contributed by atoms with Gasteiger partial charge in [0.05, 0.1) is 11.7 Å². The molecule has 1 N–H and O–H groups in total. The van der Waals surface area contributed by atoms with Crippen molar-refractivity contribution in [2.75, 3.05) is 6.54 Å². The molecule has 1 atom stereocenters. The van der Waals surface area contributed by atoms with Crippen molar-refractivity contribution in [1.82, 2.24) is 10.3 Å². The third kappa shape index (κ3) is 3.91. The summed E-state index contributed by atoms with van der Waals surface area (Å²) in [6, 6.07) is 13.1. The number of nitrogens with zero attached hydrogens (tertiary/aromatic N) is 1.